The lowest BCUT2D eigenvalue weighted by atomic mass is 9.92. The van der Waals surface area contributed by atoms with Crippen molar-refractivity contribution < 1.29 is 28.3 Å². The van der Waals surface area contributed by atoms with Gasteiger partial charge in [-0.05, 0) is 23.1 Å². The lowest BCUT2D eigenvalue weighted by molar-refractivity contribution is -0.139. The van der Waals surface area contributed by atoms with E-state index in [1.807, 2.05) is 20.8 Å². The number of rotatable bonds is 8. The molecule has 0 saturated carbocycles. The van der Waals surface area contributed by atoms with Gasteiger partial charge in [0.2, 0.25) is 11.8 Å². The molecule has 0 saturated heterocycles. The van der Waals surface area contributed by atoms with Crippen molar-refractivity contribution in [3.05, 3.63) is 35.4 Å². The Balaban J connectivity index is 2.74. The van der Waals surface area contributed by atoms with Crippen molar-refractivity contribution in [2.75, 3.05) is 13.1 Å². The molecule has 0 radical (unpaired) electrons. The first-order chi connectivity index (χ1) is 12.0. The van der Waals surface area contributed by atoms with Gasteiger partial charge in [-0.25, -0.2) is 8.78 Å². The van der Waals surface area contributed by atoms with Crippen LogP contribution in [-0.4, -0.2) is 40.9 Å². The van der Waals surface area contributed by atoms with E-state index in [1.165, 1.54) is 11.0 Å². The number of nitrogens with zero attached hydrogens (tertiary/aromatic N) is 1. The Labute approximate surface area is 151 Å². The molecule has 26 heavy (non-hydrogen) atoms. The monoisotopic (exact) mass is 370 g/mol. The van der Waals surface area contributed by atoms with E-state index in [9.17, 15) is 23.2 Å². The average Bonchev–Trinajstić information content (AvgIpc) is 2.50. The van der Waals surface area contributed by atoms with Gasteiger partial charge >= 0.3 is 5.97 Å². The molecule has 0 aliphatic carbocycles. The molecular formula is C18H24F2N2O4. The number of aliphatic carboxylic acids is 1. The maximum Gasteiger partial charge on any atom is 0.305 e. The first kappa shape index (κ1) is 21.5. The minimum atomic E-state index is -1.09. The van der Waals surface area contributed by atoms with Crippen LogP contribution >= 0.6 is 0 Å². The van der Waals surface area contributed by atoms with Gasteiger partial charge in [0.1, 0.15) is 0 Å². The Kier molecular flexibility index (Phi) is 7.67. The summed E-state index contributed by atoms with van der Waals surface area (Å²) < 4.78 is 26.3. The number of nitrogens with one attached hydrogen (secondary N) is 1. The van der Waals surface area contributed by atoms with Crippen LogP contribution in [0.3, 0.4) is 0 Å². The summed E-state index contributed by atoms with van der Waals surface area (Å²) in [5, 5.41) is 11.3. The van der Waals surface area contributed by atoms with Crippen LogP contribution in [-0.2, 0) is 20.9 Å². The van der Waals surface area contributed by atoms with Crippen LogP contribution in [0.25, 0.3) is 0 Å². The molecule has 1 rings (SSSR count). The first-order valence-electron chi connectivity index (χ1n) is 8.18. The lowest BCUT2D eigenvalue weighted by Crippen LogP contribution is -2.41. The van der Waals surface area contributed by atoms with Crippen molar-refractivity contribution in [3.63, 3.8) is 0 Å². The molecule has 2 amide bonds. The lowest BCUT2D eigenvalue weighted by Gasteiger charge is -2.23. The number of benzene rings is 1. The quantitative estimate of drug-likeness (QED) is 0.735. The zero-order chi connectivity index (χ0) is 19.9. The van der Waals surface area contributed by atoms with Gasteiger partial charge in [-0.2, -0.15) is 0 Å². The highest BCUT2D eigenvalue weighted by Gasteiger charge is 2.19. The molecule has 8 heteroatoms. The molecule has 0 aliphatic rings. The fraction of sp³-hybridized carbons (Fsp3) is 0.500. The molecule has 0 fully saturated rings. The fourth-order valence-corrected chi connectivity index (χ4v) is 2.21. The summed E-state index contributed by atoms with van der Waals surface area (Å²) in [6, 6.07) is 3.21. The van der Waals surface area contributed by atoms with E-state index in [0.29, 0.717) is 5.56 Å². The zero-order valence-corrected chi connectivity index (χ0v) is 15.1. The predicted molar refractivity (Wildman–Crippen MR) is 91.1 cm³/mol. The number of carbonyl (C=O) groups is 3. The zero-order valence-electron chi connectivity index (χ0n) is 15.1. The van der Waals surface area contributed by atoms with Crippen LogP contribution in [0.1, 0.15) is 39.2 Å². The summed E-state index contributed by atoms with van der Waals surface area (Å²) in [6.07, 6.45) is -0.0655. The Morgan fingerprint density at radius 1 is 1.15 bits per heavy atom. The highest BCUT2D eigenvalue weighted by atomic mass is 19.2. The Hall–Kier alpha value is -2.51. The molecule has 0 unspecified atom stereocenters. The summed E-state index contributed by atoms with van der Waals surface area (Å²) in [5.41, 5.74) is 0.0885. The maximum atomic E-state index is 13.3. The summed E-state index contributed by atoms with van der Waals surface area (Å²) in [4.78, 5) is 36.1. The van der Waals surface area contributed by atoms with Gasteiger partial charge < -0.3 is 15.3 Å². The second-order valence-corrected chi connectivity index (χ2v) is 7.22. The van der Waals surface area contributed by atoms with Crippen molar-refractivity contribution in [2.24, 2.45) is 5.41 Å². The minimum absolute atomic E-state index is 0.0849. The standard InChI is InChI=1S/C18H24F2N2O4/c1-18(2,3)9-15(23)21-10-16(24)22(7-6-17(25)26)11-12-4-5-13(19)14(20)8-12/h4-5,8H,6-7,9-11H2,1-3H3,(H,21,23)(H,25,26). The normalized spacial score (nSPS) is 11.1. The summed E-state index contributed by atoms with van der Waals surface area (Å²) in [5.74, 6) is -3.95. The second-order valence-electron chi connectivity index (χ2n) is 7.22. The number of halogens is 2. The Bertz CT molecular complexity index is 672. The van der Waals surface area contributed by atoms with Crippen molar-refractivity contribution in [2.45, 2.75) is 40.2 Å². The number of hydrogen-bond donors (Lipinski definition) is 2. The van der Waals surface area contributed by atoms with Crippen molar-refractivity contribution in [1.82, 2.24) is 10.2 Å². The van der Waals surface area contributed by atoms with Crippen LogP contribution in [0.15, 0.2) is 18.2 Å². The predicted octanol–water partition coefficient (Wildman–Crippen LogP) is 2.32. The molecule has 0 heterocycles. The van der Waals surface area contributed by atoms with E-state index in [0.717, 1.165) is 12.1 Å². The average molecular weight is 370 g/mol. The van der Waals surface area contributed by atoms with Crippen molar-refractivity contribution in [1.29, 1.82) is 0 Å². The molecule has 0 bridgehead atoms. The molecule has 6 nitrogen and oxygen atoms in total. The third kappa shape index (κ3) is 8.04. The smallest absolute Gasteiger partial charge is 0.305 e. The van der Waals surface area contributed by atoms with E-state index in [-0.39, 0.29) is 43.8 Å². The van der Waals surface area contributed by atoms with Gasteiger partial charge in [0.15, 0.2) is 11.6 Å². The Morgan fingerprint density at radius 2 is 1.81 bits per heavy atom. The molecule has 1 aromatic carbocycles. The molecule has 0 aliphatic heterocycles. The van der Waals surface area contributed by atoms with Gasteiger partial charge in [-0.15, -0.1) is 0 Å². The number of carbonyl (C=O) groups excluding carboxylic acids is 2. The molecular weight excluding hydrogens is 346 g/mol. The molecule has 1 aromatic rings. The molecule has 0 aromatic heterocycles. The topological polar surface area (TPSA) is 86.7 Å². The van der Waals surface area contributed by atoms with Gasteiger partial charge in [0.25, 0.3) is 0 Å². The SMILES string of the molecule is CC(C)(C)CC(=O)NCC(=O)N(CCC(=O)O)Cc1ccc(F)c(F)c1. The van der Waals surface area contributed by atoms with Gasteiger partial charge in [-0.1, -0.05) is 26.8 Å². The summed E-state index contributed by atoms with van der Waals surface area (Å²) in [7, 11) is 0. The highest BCUT2D eigenvalue weighted by molar-refractivity contribution is 5.85. The number of carboxylic acids is 1. The highest BCUT2D eigenvalue weighted by Crippen LogP contribution is 2.17. The largest absolute Gasteiger partial charge is 0.481 e. The van der Waals surface area contributed by atoms with Crippen LogP contribution in [0, 0.1) is 17.0 Å². The number of hydrogen-bond acceptors (Lipinski definition) is 3. The second kappa shape index (κ2) is 9.26. The molecule has 0 spiro atoms. The van der Waals surface area contributed by atoms with E-state index in [4.69, 9.17) is 5.11 Å². The molecule has 2 N–H and O–H groups in total. The first-order valence-corrected chi connectivity index (χ1v) is 8.18. The van der Waals surface area contributed by atoms with Crippen LogP contribution in [0.4, 0.5) is 8.78 Å². The summed E-state index contributed by atoms with van der Waals surface area (Å²) in [6.45, 7) is 5.17. The van der Waals surface area contributed by atoms with Crippen LogP contribution in [0.5, 0.6) is 0 Å². The van der Waals surface area contributed by atoms with E-state index in [2.05, 4.69) is 5.32 Å². The maximum absolute atomic E-state index is 13.3. The fourth-order valence-electron chi connectivity index (χ4n) is 2.21. The van der Waals surface area contributed by atoms with E-state index in [1.54, 1.807) is 0 Å². The van der Waals surface area contributed by atoms with Gasteiger partial charge in [-0.3, -0.25) is 14.4 Å². The Morgan fingerprint density at radius 3 is 2.35 bits per heavy atom. The van der Waals surface area contributed by atoms with E-state index >= 15 is 0 Å². The van der Waals surface area contributed by atoms with Crippen LogP contribution in [0.2, 0.25) is 0 Å². The summed E-state index contributed by atoms with van der Waals surface area (Å²) >= 11 is 0. The number of carboxylic acid groups (broad SMARTS) is 1. The van der Waals surface area contributed by atoms with Gasteiger partial charge in [0.05, 0.1) is 13.0 Å². The van der Waals surface area contributed by atoms with Crippen molar-refractivity contribution >= 4 is 17.8 Å². The molecule has 144 valence electrons. The van der Waals surface area contributed by atoms with Crippen molar-refractivity contribution in [3.8, 4) is 0 Å². The number of amides is 2. The third-order valence-electron chi connectivity index (χ3n) is 3.43. The van der Waals surface area contributed by atoms with E-state index < -0.39 is 23.5 Å². The minimum Gasteiger partial charge on any atom is -0.481 e. The van der Waals surface area contributed by atoms with Crippen LogP contribution < -0.4 is 5.32 Å². The molecule has 0 atom stereocenters. The van der Waals surface area contributed by atoms with Gasteiger partial charge in [0, 0.05) is 19.5 Å². The third-order valence-corrected chi connectivity index (χ3v) is 3.43.